The minimum absolute atomic E-state index is 0.0275. The number of benzene rings is 2. The fourth-order valence-corrected chi connectivity index (χ4v) is 5.41. The van der Waals surface area contributed by atoms with Gasteiger partial charge in [-0.25, -0.2) is 4.79 Å². The topological polar surface area (TPSA) is 219 Å². The van der Waals surface area contributed by atoms with E-state index in [4.69, 9.17) is 5.73 Å². The maximum Gasteiger partial charge on any atom is 0.326 e. The van der Waals surface area contributed by atoms with Crippen LogP contribution in [0.3, 0.4) is 0 Å². The summed E-state index contributed by atoms with van der Waals surface area (Å²) < 4.78 is 0. The maximum absolute atomic E-state index is 13.8. The Hall–Kier alpha value is -5.17. The average Bonchev–Trinajstić information content (AvgIpc) is 3.62. The molecule has 9 N–H and O–H groups in total. The summed E-state index contributed by atoms with van der Waals surface area (Å²) in [5, 5.41) is 28.4. The molecule has 13 heteroatoms. The van der Waals surface area contributed by atoms with Crippen molar-refractivity contribution in [3.63, 3.8) is 0 Å². The second-order valence-electron chi connectivity index (χ2n) is 11.8. The molecule has 3 amide bonds. The molecule has 0 radical (unpaired) electrons. The summed E-state index contributed by atoms with van der Waals surface area (Å²) in [6.45, 7) is 3.60. The number of carboxylic acids is 2. The Kier molecular flexibility index (Phi) is 11.2. The monoisotopic (exact) mass is 632 g/mol. The SMILES string of the molecule is CC(C)CC(NC(=O)C(CCC(=O)O)NC(=O)C(Cc1c[nH]c2ccccc12)NC(=O)C(N)Cc1c[nH]c2ccccc12)C(=O)O. The molecular formula is C33H40N6O7. The van der Waals surface area contributed by atoms with Crippen molar-refractivity contribution >= 4 is 51.5 Å². The zero-order chi connectivity index (χ0) is 33.4. The van der Waals surface area contributed by atoms with Gasteiger partial charge in [0.05, 0.1) is 6.04 Å². The molecule has 0 saturated heterocycles. The molecule has 244 valence electrons. The van der Waals surface area contributed by atoms with Crippen molar-refractivity contribution in [2.45, 2.75) is 70.1 Å². The highest BCUT2D eigenvalue weighted by Gasteiger charge is 2.31. The third-order valence-corrected chi connectivity index (χ3v) is 7.79. The van der Waals surface area contributed by atoms with Gasteiger partial charge in [0.25, 0.3) is 0 Å². The Bertz CT molecular complexity index is 1710. The van der Waals surface area contributed by atoms with Gasteiger partial charge in [-0.15, -0.1) is 0 Å². The summed E-state index contributed by atoms with van der Waals surface area (Å²) in [6, 6.07) is 10.2. The summed E-state index contributed by atoms with van der Waals surface area (Å²) >= 11 is 0. The molecule has 0 spiro atoms. The van der Waals surface area contributed by atoms with Gasteiger partial charge in [0.15, 0.2) is 0 Å². The van der Waals surface area contributed by atoms with Gasteiger partial charge >= 0.3 is 11.9 Å². The van der Waals surface area contributed by atoms with Crippen LogP contribution in [0.5, 0.6) is 0 Å². The highest BCUT2D eigenvalue weighted by atomic mass is 16.4. The molecule has 0 aliphatic rings. The third kappa shape index (κ3) is 8.72. The summed E-state index contributed by atoms with van der Waals surface area (Å²) in [5.74, 6) is -4.69. The highest BCUT2D eigenvalue weighted by molar-refractivity contribution is 5.95. The number of H-pyrrole nitrogens is 2. The lowest BCUT2D eigenvalue weighted by atomic mass is 10.0. The van der Waals surface area contributed by atoms with Crippen molar-refractivity contribution < 1.29 is 34.2 Å². The molecule has 2 aromatic heterocycles. The summed E-state index contributed by atoms with van der Waals surface area (Å²) in [6.07, 6.45) is 3.09. The molecular weight excluding hydrogens is 592 g/mol. The first kappa shape index (κ1) is 33.7. The van der Waals surface area contributed by atoms with E-state index in [9.17, 15) is 34.2 Å². The van der Waals surface area contributed by atoms with Gasteiger partial charge in [-0.05, 0) is 48.4 Å². The number of carbonyl (C=O) groups excluding carboxylic acids is 3. The molecule has 0 bridgehead atoms. The molecule has 2 heterocycles. The van der Waals surface area contributed by atoms with Gasteiger partial charge in [0.2, 0.25) is 17.7 Å². The molecule has 46 heavy (non-hydrogen) atoms. The van der Waals surface area contributed by atoms with Crippen molar-refractivity contribution in [1.29, 1.82) is 0 Å². The normalized spacial score (nSPS) is 14.0. The number of aromatic amines is 2. The minimum atomic E-state index is -1.38. The van der Waals surface area contributed by atoms with E-state index in [0.29, 0.717) is 0 Å². The van der Waals surface area contributed by atoms with Crippen molar-refractivity contribution in [3.8, 4) is 0 Å². The van der Waals surface area contributed by atoms with Gasteiger partial charge in [-0.1, -0.05) is 50.2 Å². The van der Waals surface area contributed by atoms with Gasteiger partial charge < -0.3 is 41.9 Å². The van der Waals surface area contributed by atoms with Crippen LogP contribution in [-0.2, 0) is 36.8 Å². The van der Waals surface area contributed by atoms with Crippen molar-refractivity contribution in [2.75, 3.05) is 0 Å². The summed E-state index contributed by atoms with van der Waals surface area (Å²) in [5.41, 5.74) is 9.58. The maximum atomic E-state index is 13.8. The van der Waals surface area contributed by atoms with Crippen LogP contribution in [0.1, 0.15) is 44.2 Å². The number of para-hydroxylation sites is 2. The van der Waals surface area contributed by atoms with Gasteiger partial charge in [0, 0.05) is 47.0 Å². The standard InChI is InChI=1S/C33H40N6O7/c1-18(2)13-28(33(45)46)39-31(43)26(11-12-29(40)41)37-32(44)27(15-20-17-36-25-10-6-4-8-22(20)25)38-30(42)23(34)14-19-16-35-24-9-5-3-7-21(19)24/h3-10,16-18,23,26-28,35-36H,11-15,34H2,1-2H3,(H,37,44)(H,38,42)(H,39,43)(H,40,41)(H,45,46). The van der Waals surface area contributed by atoms with E-state index in [2.05, 4.69) is 25.9 Å². The molecule has 4 atom stereocenters. The Morgan fingerprint density at radius 2 is 1.22 bits per heavy atom. The molecule has 0 fully saturated rings. The second-order valence-corrected chi connectivity index (χ2v) is 11.8. The first-order valence-corrected chi connectivity index (χ1v) is 15.1. The van der Waals surface area contributed by atoms with Crippen molar-refractivity contribution in [2.24, 2.45) is 11.7 Å². The molecule has 0 saturated carbocycles. The fourth-order valence-electron chi connectivity index (χ4n) is 5.41. The van der Waals surface area contributed by atoms with E-state index in [-0.39, 0.29) is 31.6 Å². The second kappa shape index (κ2) is 15.2. The minimum Gasteiger partial charge on any atom is -0.481 e. The number of carbonyl (C=O) groups is 5. The smallest absolute Gasteiger partial charge is 0.326 e. The first-order chi connectivity index (χ1) is 21.9. The van der Waals surface area contributed by atoms with Crippen molar-refractivity contribution in [1.82, 2.24) is 25.9 Å². The lowest BCUT2D eigenvalue weighted by molar-refractivity contribution is -0.143. The number of amides is 3. The van der Waals surface area contributed by atoms with E-state index in [1.54, 1.807) is 26.2 Å². The Morgan fingerprint density at radius 1 is 0.717 bits per heavy atom. The zero-order valence-corrected chi connectivity index (χ0v) is 25.7. The Labute approximate surface area is 265 Å². The van der Waals surface area contributed by atoms with Crippen LogP contribution < -0.4 is 21.7 Å². The van der Waals surface area contributed by atoms with E-state index in [1.165, 1.54) is 0 Å². The largest absolute Gasteiger partial charge is 0.481 e. The lowest BCUT2D eigenvalue weighted by Gasteiger charge is -2.25. The number of hydrogen-bond donors (Lipinski definition) is 8. The number of hydrogen-bond acceptors (Lipinski definition) is 6. The molecule has 4 aromatic rings. The summed E-state index contributed by atoms with van der Waals surface area (Å²) in [4.78, 5) is 69.9. The molecule has 13 nitrogen and oxygen atoms in total. The van der Waals surface area contributed by atoms with E-state index in [0.717, 1.165) is 32.9 Å². The van der Waals surface area contributed by atoms with Gasteiger partial charge in [-0.2, -0.15) is 0 Å². The van der Waals surface area contributed by atoms with Gasteiger partial charge in [0.1, 0.15) is 18.1 Å². The van der Waals surface area contributed by atoms with Crippen LogP contribution in [0, 0.1) is 5.92 Å². The van der Waals surface area contributed by atoms with E-state index in [1.807, 2.05) is 48.5 Å². The van der Waals surface area contributed by atoms with Crippen LogP contribution in [0.25, 0.3) is 21.8 Å². The first-order valence-electron chi connectivity index (χ1n) is 15.1. The van der Waals surface area contributed by atoms with Gasteiger partial charge in [-0.3, -0.25) is 19.2 Å². The number of aromatic nitrogens is 2. The van der Waals surface area contributed by atoms with Crippen LogP contribution in [0.4, 0.5) is 0 Å². The molecule has 0 aliphatic heterocycles. The number of fused-ring (bicyclic) bond motifs is 2. The molecule has 2 aromatic carbocycles. The van der Waals surface area contributed by atoms with E-state index < -0.39 is 60.2 Å². The molecule has 4 rings (SSSR count). The predicted octanol–water partition coefficient (Wildman–Crippen LogP) is 2.21. The summed E-state index contributed by atoms with van der Waals surface area (Å²) in [7, 11) is 0. The zero-order valence-electron chi connectivity index (χ0n) is 25.7. The quantitative estimate of drug-likeness (QED) is 0.0913. The number of nitrogens with two attached hydrogens (primary N) is 1. The van der Waals surface area contributed by atoms with E-state index >= 15 is 0 Å². The van der Waals surface area contributed by atoms with Crippen LogP contribution in [0.2, 0.25) is 0 Å². The molecule has 4 unspecified atom stereocenters. The number of carboxylic acid groups (broad SMARTS) is 2. The number of rotatable bonds is 16. The molecule has 0 aliphatic carbocycles. The van der Waals surface area contributed by atoms with Crippen LogP contribution in [-0.4, -0.2) is 74.0 Å². The Balaban J connectivity index is 1.56. The lowest BCUT2D eigenvalue weighted by Crippen LogP contribution is -2.58. The fraction of sp³-hybridized carbons (Fsp3) is 0.364. The van der Waals surface area contributed by atoms with Crippen LogP contribution >= 0.6 is 0 Å². The predicted molar refractivity (Wildman–Crippen MR) is 172 cm³/mol. The Morgan fingerprint density at radius 3 is 1.76 bits per heavy atom. The third-order valence-electron chi connectivity index (χ3n) is 7.79. The van der Waals surface area contributed by atoms with Crippen LogP contribution in [0.15, 0.2) is 60.9 Å². The number of nitrogens with one attached hydrogen (secondary N) is 5. The van der Waals surface area contributed by atoms with Crippen molar-refractivity contribution in [3.05, 3.63) is 72.1 Å². The highest BCUT2D eigenvalue weighted by Crippen LogP contribution is 2.21. The average molecular weight is 633 g/mol. The number of aliphatic carboxylic acids is 2.